The number of ether oxygens (including phenoxy) is 2. The molecule has 0 spiro atoms. The molecule has 0 unspecified atom stereocenters. The lowest BCUT2D eigenvalue weighted by Gasteiger charge is -2.49. The Labute approximate surface area is 432 Å². The molecular weight excluding hydrogens is 989 g/mol. The van der Waals surface area contributed by atoms with Crippen LogP contribution in [0.25, 0.3) is 0 Å². The molecule has 4 heterocycles. The molecule has 0 saturated carbocycles. The van der Waals surface area contributed by atoms with Crippen LogP contribution < -0.4 is 10.6 Å². The molecule has 5 aromatic carbocycles. The van der Waals surface area contributed by atoms with E-state index in [0.717, 1.165) is 39.2 Å². The second kappa shape index (κ2) is 22.1. The van der Waals surface area contributed by atoms with Crippen LogP contribution in [0.4, 0.5) is 9.93 Å². The van der Waals surface area contributed by atoms with E-state index in [0.29, 0.717) is 20.8 Å². The van der Waals surface area contributed by atoms with E-state index in [2.05, 4.69) is 62.3 Å². The van der Waals surface area contributed by atoms with Crippen LogP contribution in [0, 0.1) is 0 Å². The fourth-order valence-corrected chi connectivity index (χ4v) is 12.6. The molecule has 19 heteroatoms. The molecule has 1 saturated heterocycles. The number of amides is 3. The van der Waals surface area contributed by atoms with Gasteiger partial charge in [-0.2, -0.15) is 0 Å². The van der Waals surface area contributed by atoms with E-state index in [1.807, 2.05) is 126 Å². The standard InChI is InChI=1S/C53H48N8O7S4/c1-52(2,3)68-51(65)56-50-54-39(31-70-50)42(58-66-4)46(62)55-43-47(63)61-44(49(64)67-45(34-20-10-5-11-21-34)35-22-12-6-13-23-35)40(32-69-48(43)61)71-33-72-41-30-60(59-57-41)53(36-24-14-7-15-25-36,37-26-16-8-17-27-37)38-28-18-9-19-29-38/h5-31,43,45,48H,32-33H2,1-4H3,(H,55,62)(H,54,56,65)/b58-42-/t43-,48+/m1/s1. The Morgan fingerprint density at radius 1 is 0.806 bits per heavy atom. The molecule has 2 aliphatic heterocycles. The monoisotopic (exact) mass is 1040 g/mol. The number of anilines is 1. The van der Waals surface area contributed by atoms with Crippen LogP contribution in [-0.4, -0.2) is 89.4 Å². The van der Waals surface area contributed by atoms with Crippen molar-refractivity contribution >= 4 is 81.3 Å². The summed E-state index contributed by atoms with van der Waals surface area (Å²) in [5.41, 5.74) is 2.90. The third-order valence-electron chi connectivity index (χ3n) is 11.4. The topological polar surface area (TPSA) is 179 Å². The summed E-state index contributed by atoms with van der Waals surface area (Å²) in [5.74, 6) is -1.62. The van der Waals surface area contributed by atoms with Gasteiger partial charge in [-0.25, -0.2) is 19.3 Å². The number of thioether (sulfide) groups is 3. The zero-order valence-corrected chi connectivity index (χ0v) is 42.7. The van der Waals surface area contributed by atoms with E-state index >= 15 is 0 Å². The van der Waals surface area contributed by atoms with E-state index in [4.69, 9.17) is 19.5 Å². The summed E-state index contributed by atoms with van der Waals surface area (Å²) in [7, 11) is 1.28. The number of rotatable bonds is 17. The lowest BCUT2D eigenvalue weighted by Crippen LogP contribution is -2.71. The van der Waals surface area contributed by atoms with Crippen LogP contribution >= 0.6 is 46.6 Å². The van der Waals surface area contributed by atoms with E-state index < -0.39 is 52.5 Å². The molecule has 2 N–H and O–H groups in total. The van der Waals surface area contributed by atoms with Crippen molar-refractivity contribution in [1.82, 2.24) is 30.2 Å². The van der Waals surface area contributed by atoms with Crippen LogP contribution in [0.2, 0.25) is 0 Å². The number of hydrogen-bond donors (Lipinski definition) is 2. The average Bonchev–Trinajstić information content (AvgIpc) is 4.07. The highest BCUT2D eigenvalue weighted by Gasteiger charge is 2.55. The largest absolute Gasteiger partial charge is 0.448 e. The number of aromatic nitrogens is 4. The Kier molecular flexibility index (Phi) is 15.3. The van der Waals surface area contributed by atoms with Crippen molar-refractivity contribution in [3.05, 3.63) is 207 Å². The highest BCUT2D eigenvalue weighted by Crippen LogP contribution is 2.46. The second-order valence-corrected chi connectivity index (χ2v) is 21.6. The van der Waals surface area contributed by atoms with Gasteiger partial charge in [0, 0.05) is 16.0 Å². The molecule has 2 aromatic heterocycles. The maximum atomic E-state index is 14.8. The van der Waals surface area contributed by atoms with Crippen molar-refractivity contribution in [2.45, 2.75) is 54.5 Å². The van der Waals surface area contributed by atoms with E-state index in [9.17, 15) is 19.2 Å². The van der Waals surface area contributed by atoms with Gasteiger partial charge in [0.2, 0.25) is 0 Å². The lowest BCUT2D eigenvalue weighted by molar-refractivity contribution is -0.154. The Morgan fingerprint density at radius 3 is 1.90 bits per heavy atom. The molecule has 7 aromatic rings. The molecule has 1 fully saturated rings. The van der Waals surface area contributed by atoms with Gasteiger partial charge in [-0.3, -0.25) is 19.8 Å². The number of β-lactam (4-membered cyclic amide) rings is 1. The Morgan fingerprint density at radius 2 is 1.36 bits per heavy atom. The normalized spacial score (nSPS) is 15.9. The van der Waals surface area contributed by atoms with Crippen molar-refractivity contribution in [1.29, 1.82) is 0 Å². The summed E-state index contributed by atoms with van der Waals surface area (Å²) in [4.78, 5) is 67.0. The summed E-state index contributed by atoms with van der Waals surface area (Å²) < 4.78 is 13.6. The summed E-state index contributed by atoms with van der Waals surface area (Å²) in [6.07, 6.45) is 0.433. The SMILES string of the molecule is CO/N=C(\C(=O)N[C@@H]1C(=O)N2C(C(=O)OC(c3ccccc3)c3ccccc3)=C(SCSc3cn(C(c4ccccc4)(c4ccccc4)c4ccccc4)nn3)CS[C@@H]12)c1csc(NC(=O)OC(C)(C)C)n1. The maximum Gasteiger partial charge on any atom is 0.413 e. The first kappa shape index (κ1) is 49.8. The van der Waals surface area contributed by atoms with E-state index in [1.165, 1.54) is 52.7 Å². The molecule has 0 bridgehead atoms. The highest BCUT2D eigenvalue weighted by atomic mass is 32.2. The zero-order valence-electron chi connectivity index (χ0n) is 39.4. The summed E-state index contributed by atoms with van der Waals surface area (Å²) in [6.45, 7) is 5.20. The maximum absolute atomic E-state index is 14.8. The van der Waals surface area contributed by atoms with Crippen molar-refractivity contribution in [3.8, 4) is 0 Å². The number of carbonyl (C=O) groups is 4. The number of carbonyl (C=O) groups excluding carboxylic acids is 4. The summed E-state index contributed by atoms with van der Waals surface area (Å²) >= 11 is 5.32. The summed E-state index contributed by atoms with van der Waals surface area (Å²) in [6, 6.07) is 48.4. The first-order valence-corrected chi connectivity index (χ1v) is 26.6. The third kappa shape index (κ3) is 10.7. The molecule has 72 heavy (non-hydrogen) atoms. The predicted molar refractivity (Wildman–Crippen MR) is 281 cm³/mol. The molecule has 15 nitrogen and oxygen atoms in total. The van der Waals surface area contributed by atoms with Gasteiger partial charge in [-0.1, -0.05) is 174 Å². The van der Waals surface area contributed by atoms with Gasteiger partial charge in [0.05, 0.1) is 11.3 Å². The summed E-state index contributed by atoms with van der Waals surface area (Å²) in [5, 5.41) is 20.8. The molecule has 3 amide bonds. The van der Waals surface area contributed by atoms with Crippen molar-refractivity contribution < 1.29 is 33.5 Å². The number of nitrogens with zero attached hydrogens (tertiary/aromatic N) is 6. The van der Waals surface area contributed by atoms with E-state index in [1.54, 1.807) is 20.8 Å². The van der Waals surface area contributed by atoms with Gasteiger partial charge < -0.3 is 19.6 Å². The van der Waals surface area contributed by atoms with Gasteiger partial charge in [0.25, 0.3) is 11.8 Å². The minimum Gasteiger partial charge on any atom is -0.448 e. The van der Waals surface area contributed by atoms with Gasteiger partial charge in [0.15, 0.2) is 16.9 Å². The number of esters is 1. The lowest BCUT2D eigenvalue weighted by atomic mass is 9.77. The van der Waals surface area contributed by atoms with E-state index in [-0.39, 0.29) is 22.2 Å². The fraction of sp³-hybridized carbons (Fsp3) is 0.208. The fourth-order valence-electron chi connectivity index (χ4n) is 8.35. The Balaban J connectivity index is 0.986. The quantitative estimate of drug-likeness (QED) is 0.0168. The number of oxime groups is 1. The van der Waals surface area contributed by atoms with Crippen LogP contribution in [-0.2, 0) is 34.2 Å². The molecular formula is C53H48N8O7S4. The third-order valence-corrected chi connectivity index (χ3v) is 15.8. The number of nitrogens with one attached hydrogen (secondary N) is 2. The zero-order chi connectivity index (χ0) is 50.2. The number of fused-ring (bicyclic) bond motifs is 1. The highest BCUT2D eigenvalue weighted by molar-refractivity contribution is 8.18. The first-order chi connectivity index (χ1) is 34.9. The Bertz CT molecular complexity index is 2960. The molecule has 2 atom stereocenters. The predicted octanol–water partition coefficient (Wildman–Crippen LogP) is 9.70. The number of hydrogen-bond acceptors (Lipinski definition) is 15. The van der Waals surface area contributed by atoms with Crippen LogP contribution in [0.3, 0.4) is 0 Å². The minimum absolute atomic E-state index is 0.0970. The molecule has 366 valence electrons. The number of thiazole rings is 1. The van der Waals surface area contributed by atoms with Crippen LogP contribution in [0.1, 0.15) is 60.4 Å². The van der Waals surface area contributed by atoms with Gasteiger partial charge >= 0.3 is 12.1 Å². The number of benzene rings is 5. The van der Waals surface area contributed by atoms with Crippen molar-refractivity contribution in [2.24, 2.45) is 5.16 Å². The van der Waals surface area contributed by atoms with Crippen molar-refractivity contribution in [3.63, 3.8) is 0 Å². The van der Waals surface area contributed by atoms with Crippen LogP contribution in [0.5, 0.6) is 0 Å². The second-order valence-electron chi connectivity index (χ2n) is 17.2. The minimum atomic E-state index is -1.04. The molecule has 0 aliphatic carbocycles. The molecule has 2 aliphatic rings. The van der Waals surface area contributed by atoms with Gasteiger partial charge in [-0.15, -0.1) is 40.0 Å². The first-order valence-electron chi connectivity index (χ1n) is 22.7. The molecule has 9 rings (SSSR count). The van der Waals surface area contributed by atoms with Crippen molar-refractivity contribution in [2.75, 3.05) is 23.3 Å². The van der Waals surface area contributed by atoms with Gasteiger partial charge in [-0.05, 0) is 48.6 Å². The van der Waals surface area contributed by atoms with Gasteiger partial charge in [0.1, 0.15) is 46.1 Å². The smallest absolute Gasteiger partial charge is 0.413 e. The average molecular weight is 1040 g/mol. The molecule has 0 radical (unpaired) electrons. The Hall–Kier alpha value is -7.19. The van der Waals surface area contributed by atoms with Crippen LogP contribution in [0.15, 0.2) is 184 Å².